The van der Waals surface area contributed by atoms with E-state index in [4.69, 9.17) is 21.1 Å². The Morgan fingerprint density at radius 3 is 2.00 bits per heavy atom. The summed E-state index contributed by atoms with van der Waals surface area (Å²) in [4.78, 5) is 10.2. The van der Waals surface area contributed by atoms with Gasteiger partial charge in [-0.25, -0.2) is 4.79 Å². The van der Waals surface area contributed by atoms with Gasteiger partial charge in [-0.05, 0) is 24.3 Å². The van der Waals surface area contributed by atoms with Crippen LogP contribution in [0.15, 0.2) is 48.5 Å². The lowest BCUT2D eigenvalue weighted by molar-refractivity contribution is 0.0697. The van der Waals surface area contributed by atoms with Crippen LogP contribution >= 0.6 is 0 Å². The summed E-state index contributed by atoms with van der Waals surface area (Å²) in [6.45, 7) is 0. The molecule has 0 spiro atoms. The topological polar surface area (TPSA) is 104 Å². The van der Waals surface area contributed by atoms with E-state index in [1.807, 2.05) is 0 Å². The Morgan fingerprint density at radius 2 is 1.61 bits per heavy atom. The van der Waals surface area contributed by atoms with E-state index in [1.54, 1.807) is 30.3 Å². The summed E-state index contributed by atoms with van der Waals surface area (Å²) in [7, 11) is 0. The van der Waals surface area contributed by atoms with Crippen LogP contribution in [0.5, 0.6) is 11.5 Å². The molecule has 0 saturated carbocycles. The average molecular weight is 247 g/mol. The smallest absolute Gasteiger partial charge is 0.335 e. The summed E-state index contributed by atoms with van der Waals surface area (Å²) in [5, 5.41) is 25.9. The van der Waals surface area contributed by atoms with Gasteiger partial charge >= 0.3 is 5.97 Å². The molecule has 0 aromatic heterocycles. The molecule has 94 valence electrons. The van der Waals surface area contributed by atoms with Gasteiger partial charge in [-0.3, -0.25) is 0 Å². The number of anilines is 1. The molecule has 0 unspecified atom stereocenters. The molecule has 0 heterocycles. The average Bonchev–Trinajstić information content (AvgIpc) is 2.36. The summed E-state index contributed by atoms with van der Waals surface area (Å²) >= 11 is 0. The number of hydrogen-bond donors (Lipinski definition) is 4. The van der Waals surface area contributed by atoms with Crippen molar-refractivity contribution in [3.8, 4) is 11.5 Å². The molecule has 2 rings (SSSR count). The molecule has 0 aliphatic heterocycles. The van der Waals surface area contributed by atoms with E-state index >= 15 is 0 Å². The van der Waals surface area contributed by atoms with E-state index in [0.717, 1.165) is 0 Å². The Labute approximate surface area is 104 Å². The van der Waals surface area contributed by atoms with Gasteiger partial charge in [-0.15, -0.1) is 0 Å². The van der Waals surface area contributed by atoms with Crippen molar-refractivity contribution in [1.29, 1.82) is 0 Å². The predicted molar refractivity (Wildman–Crippen MR) is 67.6 cm³/mol. The van der Waals surface area contributed by atoms with Crippen molar-refractivity contribution in [3.05, 3.63) is 54.1 Å². The highest BCUT2D eigenvalue weighted by Crippen LogP contribution is 2.23. The number of carboxylic acids is 1. The molecule has 5 nitrogen and oxygen atoms in total. The number of carbonyl (C=O) groups is 1. The van der Waals surface area contributed by atoms with Crippen LogP contribution in [0.25, 0.3) is 0 Å². The zero-order valence-corrected chi connectivity index (χ0v) is 9.45. The molecular formula is C13H13NO4. The fourth-order valence-corrected chi connectivity index (χ4v) is 1.12. The van der Waals surface area contributed by atoms with Crippen LogP contribution in [-0.4, -0.2) is 21.3 Å². The molecule has 0 atom stereocenters. The van der Waals surface area contributed by atoms with Gasteiger partial charge in [0.25, 0.3) is 0 Å². The van der Waals surface area contributed by atoms with E-state index in [-0.39, 0.29) is 17.2 Å². The Kier molecular flexibility index (Phi) is 4.57. The minimum Gasteiger partial charge on any atom is -0.508 e. The summed E-state index contributed by atoms with van der Waals surface area (Å²) in [6, 6.07) is 12.3. The van der Waals surface area contributed by atoms with Gasteiger partial charge in [0, 0.05) is 6.07 Å². The van der Waals surface area contributed by atoms with Crippen molar-refractivity contribution in [2.24, 2.45) is 0 Å². The molecular weight excluding hydrogens is 234 g/mol. The van der Waals surface area contributed by atoms with Crippen molar-refractivity contribution in [3.63, 3.8) is 0 Å². The second-order valence-corrected chi connectivity index (χ2v) is 3.41. The molecule has 0 aliphatic carbocycles. The Bertz CT molecular complexity index is 526. The lowest BCUT2D eigenvalue weighted by atomic mass is 10.2. The molecule has 0 radical (unpaired) electrons. The molecule has 2 aromatic rings. The second kappa shape index (κ2) is 6.15. The molecule has 0 bridgehead atoms. The van der Waals surface area contributed by atoms with Crippen LogP contribution in [0.3, 0.4) is 0 Å². The number of aromatic carboxylic acids is 1. The van der Waals surface area contributed by atoms with Crippen molar-refractivity contribution < 1.29 is 20.1 Å². The molecule has 0 fully saturated rings. The maximum atomic E-state index is 10.2. The summed E-state index contributed by atoms with van der Waals surface area (Å²) in [5.41, 5.74) is 5.73. The van der Waals surface area contributed by atoms with Gasteiger partial charge in [0.15, 0.2) is 0 Å². The summed E-state index contributed by atoms with van der Waals surface area (Å²) in [6.07, 6.45) is 0. The first-order valence-corrected chi connectivity index (χ1v) is 5.06. The highest BCUT2D eigenvalue weighted by Gasteiger charge is 1.96. The van der Waals surface area contributed by atoms with Gasteiger partial charge in [0.05, 0.1) is 11.3 Å². The highest BCUT2D eigenvalue weighted by molar-refractivity contribution is 5.87. The number of nitrogens with two attached hydrogens (primary N) is 1. The summed E-state index contributed by atoms with van der Waals surface area (Å²) < 4.78 is 0. The lowest BCUT2D eigenvalue weighted by Gasteiger charge is -1.96. The molecule has 0 amide bonds. The van der Waals surface area contributed by atoms with Crippen LogP contribution < -0.4 is 5.73 Å². The highest BCUT2D eigenvalue weighted by atomic mass is 16.4. The molecule has 0 saturated heterocycles. The second-order valence-electron chi connectivity index (χ2n) is 3.41. The van der Waals surface area contributed by atoms with Crippen LogP contribution in [0, 0.1) is 0 Å². The third-order valence-corrected chi connectivity index (χ3v) is 2.03. The molecule has 18 heavy (non-hydrogen) atoms. The number of aromatic hydroxyl groups is 2. The minimum absolute atomic E-state index is 0.00667. The molecule has 2 aromatic carbocycles. The van der Waals surface area contributed by atoms with E-state index in [2.05, 4.69) is 0 Å². The zero-order chi connectivity index (χ0) is 13.5. The number of phenolic OH excluding ortho intramolecular Hbond substituents is 2. The van der Waals surface area contributed by atoms with Crippen LogP contribution in [0.2, 0.25) is 0 Å². The SMILES string of the molecule is Nc1cc(O)ccc1O.O=C(O)c1ccccc1. The first-order valence-electron chi connectivity index (χ1n) is 5.06. The predicted octanol–water partition coefficient (Wildman–Crippen LogP) is 2.06. The number of hydrogen-bond acceptors (Lipinski definition) is 4. The Balaban J connectivity index is 0.000000180. The normalized spacial score (nSPS) is 9.11. The monoisotopic (exact) mass is 247 g/mol. The van der Waals surface area contributed by atoms with Crippen LogP contribution in [-0.2, 0) is 0 Å². The van der Waals surface area contributed by atoms with Crippen LogP contribution in [0.4, 0.5) is 5.69 Å². The van der Waals surface area contributed by atoms with Crippen LogP contribution in [0.1, 0.15) is 10.4 Å². The van der Waals surface area contributed by atoms with Crippen molar-refractivity contribution in [1.82, 2.24) is 0 Å². The van der Waals surface area contributed by atoms with Crippen molar-refractivity contribution in [2.45, 2.75) is 0 Å². The fraction of sp³-hybridized carbons (Fsp3) is 0. The number of rotatable bonds is 1. The fourth-order valence-electron chi connectivity index (χ4n) is 1.12. The van der Waals surface area contributed by atoms with Gasteiger partial charge in [0.2, 0.25) is 0 Å². The first-order chi connectivity index (χ1) is 8.50. The van der Waals surface area contributed by atoms with Crippen molar-refractivity contribution in [2.75, 3.05) is 5.73 Å². The standard InChI is InChI=1S/C7H6O2.C6H7NO2/c8-7(9)6-4-2-1-3-5-6;7-5-3-4(8)1-2-6(5)9/h1-5H,(H,8,9);1-3,8-9H,7H2. The summed E-state index contributed by atoms with van der Waals surface area (Å²) in [5.74, 6) is -0.825. The van der Waals surface area contributed by atoms with E-state index in [0.29, 0.717) is 5.56 Å². The van der Waals surface area contributed by atoms with Gasteiger partial charge in [-0.2, -0.15) is 0 Å². The molecule has 0 aliphatic rings. The van der Waals surface area contributed by atoms with Gasteiger partial charge in [0.1, 0.15) is 11.5 Å². The van der Waals surface area contributed by atoms with E-state index in [1.165, 1.54) is 18.2 Å². The third-order valence-electron chi connectivity index (χ3n) is 2.03. The molecule has 5 heteroatoms. The number of carboxylic acid groups (broad SMARTS) is 1. The first kappa shape index (κ1) is 13.4. The maximum absolute atomic E-state index is 10.2. The minimum atomic E-state index is -0.879. The Morgan fingerprint density at radius 1 is 1.00 bits per heavy atom. The number of nitrogen functional groups attached to an aromatic ring is 1. The maximum Gasteiger partial charge on any atom is 0.335 e. The quantitative estimate of drug-likeness (QED) is 0.351. The van der Waals surface area contributed by atoms with Gasteiger partial charge in [-0.1, -0.05) is 18.2 Å². The Hall–Kier alpha value is -2.69. The third kappa shape index (κ3) is 4.05. The van der Waals surface area contributed by atoms with E-state index in [9.17, 15) is 4.79 Å². The van der Waals surface area contributed by atoms with E-state index < -0.39 is 5.97 Å². The lowest BCUT2D eigenvalue weighted by Crippen LogP contribution is -1.93. The number of benzene rings is 2. The van der Waals surface area contributed by atoms with Crippen molar-refractivity contribution >= 4 is 11.7 Å². The largest absolute Gasteiger partial charge is 0.508 e. The zero-order valence-electron chi connectivity index (χ0n) is 9.45. The van der Waals surface area contributed by atoms with Gasteiger partial charge < -0.3 is 21.1 Å². The molecule has 5 N–H and O–H groups in total. The number of phenols is 2.